The van der Waals surface area contributed by atoms with Crippen LogP contribution in [0.5, 0.6) is 0 Å². The van der Waals surface area contributed by atoms with Gasteiger partial charge in [0.05, 0.1) is 0 Å². The molecule has 0 amide bonds. The summed E-state index contributed by atoms with van der Waals surface area (Å²) in [6, 6.07) is 35.5. The summed E-state index contributed by atoms with van der Waals surface area (Å²) in [5.41, 5.74) is 6.97. The van der Waals surface area contributed by atoms with Crippen molar-refractivity contribution in [1.82, 2.24) is 0 Å². The fourth-order valence-corrected chi connectivity index (χ4v) is 12.9. The Labute approximate surface area is 245 Å². The summed E-state index contributed by atoms with van der Waals surface area (Å²) >= 11 is -1.98. The van der Waals surface area contributed by atoms with Gasteiger partial charge < -0.3 is 0 Å². The first-order valence-corrected chi connectivity index (χ1v) is 17.4. The Hall–Kier alpha value is -2.19. The van der Waals surface area contributed by atoms with Gasteiger partial charge in [0.15, 0.2) is 0 Å². The molecule has 6 rings (SSSR count). The maximum absolute atomic E-state index is 7.50. The zero-order valence-corrected chi connectivity index (χ0v) is 25.7. The first-order valence-electron chi connectivity index (χ1n) is 13.1. The number of hydrogen-bond acceptors (Lipinski definition) is 0. The van der Waals surface area contributed by atoms with E-state index in [4.69, 9.17) is 9.30 Å². The maximum atomic E-state index is 7.50. The van der Waals surface area contributed by atoms with Crippen molar-refractivity contribution in [2.24, 2.45) is 0 Å². The van der Waals surface area contributed by atoms with E-state index in [0.717, 1.165) is 0 Å². The number of aryl methyl sites for hydroxylation is 2. The van der Waals surface area contributed by atoms with Crippen LogP contribution in [0.2, 0.25) is 0 Å². The molecule has 0 bridgehead atoms. The van der Waals surface area contributed by atoms with Crippen LogP contribution in [0.4, 0.5) is 0 Å². The van der Waals surface area contributed by atoms with Gasteiger partial charge in [0.2, 0.25) is 0 Å². The van der Waals surface area contributed by atoms with Crippen LogP contribution < -0.4 is 10.7 Å². The van der Waals surface area contributed by atoms with E-state index < -0.39 is 19.8 Å². The zero-order chi connectivity index (χ0) is 26.3. The summed E-state index contributed by atoms with van der Waals surface area (Å²) in [6.45, 7) is 9.00. The molecule has 0 fully saturated rings. The van der Waals surface area contributed by atoms with E-state index in [1.165, 1.54) is 68.5 Å². The Morgan fingerprint density at radius 3 is 1.18 bits per heavy atom. The number of benzene rings is 3. The molecule has 2 aliphatic carbocycles. The third-order valence-corrected chi connectivity index (χ3v) is 15.0. The van der Waals surface area contributed by atoms with E-state index in [1.807, 2.05) is 0 Å². The molecular formula is C34H34FeO2Sn-. The van der Waals surface area contributed by atoms with Gasteiger partial charge in [-0.15, -0.1) is 0 Å². The van der Waals surface area contributed by atoms with Crippen LogP contribution in [0.25, 0.3) is 0 Å². The van der Waals surface area contributed by atoms with Crippen LogP contribution in [0.15, 0.2) is 97.1 Å². The average Bonchev–Trinajstić information content (AvgIpc) is 3.18. The first kappa shape index (κ1) is 32.0. The van der Waals surface area contributed by atoms with Gasteiger partial charge in [-0.25, -0.2) is 0 Å². The van der Waals surface area contributed by atoms with Crippen LogP contribution in [0.1, 0.15) is 54.4 Å². The van der Waals surface area contributed by atoms with E-state index >= 15 is 0 Å². The molecule has 0 saturated carbocycles. The zero-order valence-electron chi connectivity index (χ0n) is 21.8. The molecule has 0 spiro atoms. The Bertz CT molecular complexity index is 1130. The second-order valence-electron chi connectivity index (χ2n) is 9.39. The van der Waals surface area contributed by atoms with Crippen molar-refractivity contribution in [3.63, 3.8) is 0 Å². The fourth-order valence-electron chi connectivity index (χ4n) is 5.57. The van der Waals surface area contributed by atoms with Crippen molar-refractivity contribution < 1.29 is 26.4 Å². The summed E-state index contributed by atoms with van der Waals surface area (Å²) in [5.74, 6) is 0. The minimum absolute atomic E-state index is 0. The molecule has 2 nitrogen and oxygen atoms in total. The van der Waals surface area contributed by atoms with Crippen molar-refractivity contribution in [2.75, 3.05) is 0 Å². The van der Waals surface area contributed by atoms with E-state index in [-0.39, 0.29) is 17.1 Å². The predicted octanol–water partition coefficient (Wildman–Crippen LogP) is 5.68. The standard InChI is InChI=1S/C14H19.3C6H5.2CO.Fe.Sn/c1-2-6-11-10-12-7-4-5-9-14(12)13(11)8-3-1;3*1-2-4-6-5-3-1;2*1-2;;/h10H,1-9H2;3*1-5H;;;;/q-1;;;;;;;. The van der Waals surface area contributed by atoms with Gasteiger partial charge in [-0.05, 0) is 0 Å². The fraction of sp³-hybridized carbons (Fsp3) is 0.265. The molecule has 0 heterocycles. The Kier molecular flexibility index (Phi) is 15.3. The Morgan fingerprint density at radius 2 is 0.789 bits per heavy atom. The van der Waals surface area contributed by atoms with Crippen LogP contribution in [0.3, 0.4) is 0 Å². The van der Waals surface area contributed by atoms with Crippen LogP contribution in [0, 0.1) is 13.3 Å². The molecule has 4 aromatic carbocycles. The van der Waals surface area contributed by atoms with Gasteiger partial charge in [-0.1, -0.05) is 57.8 Å². The topological polar surface area (TPSA) is 39.8 Å². The van der Waals surface area contributed by atoms with Crippen molar-refractivity contribution in [3.05, 3.63) is 133 Å². The van der Waals surface area contributed by atoms with Gasteiger partial charge in [0.1, 0.15) is 0 Å². The molecule has 0 unspecified atom stereocenters. The van der Waals surface area contributed by atoms with E-state index in [1.54, 1.807) is 22.3 Å². The first-order chi connectivity index (χ1) is 18.4. The number of rotatable bonds is 3. The molecule has 0 N–H and O–H groups in total. The second-order valence-corrected chi connectivity index (χ2v) is 16.5. The number of hydrogen-bond donors (Lipinski definition) is 0. The van der Waals surface area contributed by atoms with Gasteiger partial charge >= 0.3 is 144 Å². The minimum atomic E-state index is -1.98. The molecule has 0 saturated heterocycles. The third kappa shape index (κ3) is 8.66. The summed E-state index contributed by atoms with van der Waals surface area (Å²) in [7, 11) is 0. The van der Waals surface area contributed by atoms with E-state index in [2.05, 4.69) is 110 Å². The van der Waals surface area contributed by atoms with Gasteiger partial charge in [0, 0.05) is 17.1 Å². The average molecular weight is 649 g/mol. The molecule has 0 atom stereocenters. The van der Waals surface area contributed by atoms with Crippen molar-refractivity contribution in [1.29, 1.82) is 0 Å². The van der Waals surface area contributed by atoms with E-state index in [9.17, 15) is 0 Å². The molecule has 1 radical (unpaired) electrons. The van der Waals surface area contributed by atoms with Crippen LogP contribution in [-0.2, 0) is 52.1 Å². The normalized spacial score (nSPS) is 13.2. The van der Waals surface area contributed by atoms with Crippen molar-refractivity contribution >= 4 is 30.5 Å². The Morgan fingerprint density at radius 1 is 0.474 bits per heavy atom. The Balaban J connectivity index is 0.000000238. The SMILES string of the molecule is [C-]#[O+].[C-]#[O+].[Fe].[cH-]1c2c(c3c1CCCC3)CCCCC2.c1cc[c]([Sn]([c]2ccccc2)[c]2ccccc2)cc1. The molecule has 0 aliphatic heterocycles. The molecule has 0 aromatic heterocycles. The molecule has 38 heavy (non-hydrogen) atoms. The molecule has 4 aromatic rings. The quantitative estimate of drug-likeness (QED) is 0.119. The van der Waals surface area contributed by atoms with E-state index in [0.29, 0.717) is 0 Å². The van der Waals surface area contributed by atoms with Gasteiger partial charge in [0.25, 0.3) is 0 Å². The van der Waals surface area contributed by atoms with Crippen LogP contribution in [-0.4, -0.2) is 19.8 Å². The molecule has 2 aliphatic rings. The molecule has 195 valence electrons. The molecule has 4 heteroatoms. The summed E-state index contributed by atoms with van der Waals surface area (Å²) < 4.78 is 19.6. The summed E-state index contributed by atoms with van der Waals surface area (Å²) in [5, 5.41) is 0. The van der Waals surface area contributed by atoms with Gasteiger partial charge in [-0.2, -0.15) is 28.3 Å². The number of fused-ring (bicyclic) bond motifs is 3. The second kappa shape index (κ2) is 18.2. The predicted molar refractivity (Wildman–Crippen MR) is 152 cm³/mol. The summed E-state index contributed by atoms with van der Waals surface area (Å²) in [4.78, 5) is 0. The third-order valence-electron chi connectivity index (χ3n) is 7.17. The van der Waals surface area contributed by atoms with Gasteiger partial charge in [-0.3, -0.25) is 0 Å². The van der Waals surface area contributed by atoms with Crippen molar-refractivity contribution in [3.8, 4) is 0 Å². The van der Waals surface area contributed by atoms with Crippen molar-refractivity contribution in [2.45, 2.75) is 57.8 Å². The van der Waals surface area contributed by atoms with Crippen LogP contribution >= 0.6 is 0 Å². The molecular weight excluding hydrogens is 615 g/mol. The monoisotopic (exact) mass is 650 g/mol. The summed E-state index contributed by atoms with van der Waals surface area (Å²) in [6.07, 6.45) is 12.7.